The summed E-state index contributed by atoms with van der Waals surface area (Å²) in [6.45, 7) is 2.54. The molecular weight excluding hydrogens is 282 g/mol. The lowest BCUT2D eigenvalue weighted by Gasteiger charge is -2.20. The number of nitro groups is 1. The van der Waals surface area contributed by atoms with E-state index in [0.29, 0.717) is 12.2 Å². The van der Waals surface area contributed by atoms with E-state index in [4.69, 9.17) is 0 Å². The van der Waals surface area contributed by atoms with Gasteiger partial charge in [0.25, 0.3) is 5.69 Å². The highest BCUT2D eigenvalue weighted by Crippen LogP contribution is 2.29. The molecule has 1 fully saturated rings. The number of benzene rings is 2. The van der Waals surface area contributed by atoms with Gasteiger partial charge < -0.3 is 0 Å². The average molecular weight is 297 g/mol. The van der Waals surface area contributed by atoms with Crippen LogP contribution in [0.1, 0.15) is 6.92 Å². The average Bonchev–Trinajstić information content (AvgIpc) is 2.83. The van der Waals surface area contributed by atoms with Crippen LogP contribution >= 0.6 is 0 Å². The second kappa shape index (κ2) is 5.48. The van der Waals surface area contributed by atoms with E-state index in [1.807, 2.05) is 37.3 Å². The van der Waals surface area contributed by atoms with Crippen molar-refractivity contribution in [2.45, 2.75) is 13.0 Å². The molecule has 0 saturated carbocycles. The molecule has 2 aromatic rings. The van der Waals surface area contributed by atoms with Crippen LogP contribution in [-0.2, 0) is 0 Å². The van der Waals surface area contributed by atoms with E-state index in [1.165, 1.54) is 12.1 Å². The van der Waals surface area contributed by atoms with E-state index >= 15 is 0 Å². The maximum Gasteiger partial charge on any atom is 0.329 e. The zero-order valence-electron chi connectivity index (χ0n) is 12.0. The Morgan fingerprint density at radius 1 is 1.05 bits per heavy atom. The van der Waals surface area contributed by atoms with Crippen molar-refractivity contribution >= 4 is 23.1 Å². The molecule has 22 heavy (non-hydrogen) atoms. The number of carbonyl (C=O) groups is 1. The number of hydrogen-bond donors (Lipinski definition) is 0. The SMILES string of the molecule is CC1CN(c2ccccc2)C(=O)N1c1ccc([N+](=O)[O-])cc1. The van der Waals surface area contributed by atoms with Crippen LogP contribution in [0.25, 0.3) is 0 Å². The molecule has 0 bridgehead atoms. The fraction of sp³-hybridized carbons (Fsp3) is 0.188. The number of hydrogen-bond acceptors (Lipinski definition) is 3. The van der Waals surface area contributed by atoms with Gasteiger partial charge >= 0.3 is 6.03 Å². The van der Waals surface area contributed by atoms with Crippen LogP contribution in [0.4, 0.5) is 21.9 Å². The Hall–Kier alpha value is -2.89. The molecule has 0 aromatic heterocycles. The second-order valence-electron chi connectivity index (χ2n) is 5.22. The topological polar surface area (TPSA) is 66.7 Å². The molecule has 0 aliphatic carbocycles. The van der Waals surface area contributed by atoms with Crippen molar-refractivity contribution in [2.75, 3.05) is 16.3 Å². The van der Waals surface area contributed by atoms with Crippen molar-refractivity contribution in [1.29, 1.82) is 0 Å². The molecule has 2 amide bonds. The molecule has 0 radical (unpaired) electrons. The zero-order valence-corrected chi connectivity index (χ0v) is 12.0. The standard InChI is InChI=1S/C16H15N3O3/c1-12-11-17(13-5-3-2-4-6-13)16(20)18(12)14-7-9-15(10-8-14)19(21)22/h2-10,12H,11H2,1H3. The summed E-state index contributed by atoms with van der Waals surface area (Å²) in [5, 5.41) is 10.7. The van der Waals surface area contributed by atoms with Crippen LogP contribution in [0.2, 0.25) is 0 Å². The molecule has 112 valence electrons. The van der Waals surface area contributed by atoms with E-state index in [-0.39, 0.29) is 17.8 Å². The third-order valence-electron chi connectivity index (χ3n) is 3.73. The smallest absolute Gasteiger partial charge is 0.292 e. The summed E-state index contributed by atoms with van der Waals surface area (Å²) in [7, 11) is 0. The summed E-state index contributed by atoms with van der Waals surface area (Å²) in [5.41, 5.74) is 1.54. The molecule has 6 nitrogen and oxygen atoms in total. The fourth-order valence-corrected chi connectivity index (χ4v) is 2.67. The van der Waals surface area contributed by atoms with Gasteiger partial charge in [-0.15, -0.1) is 0 Å². The largest absolute Gasteiger partial charge is 0.329 e. The monoisotopic (exact) mass is 297 g/mol. The summed E-state index contributed by atoms with van der Waals surface area (Å²) >= 11 is 0. The normalized spacial score (nSPS) is 17.9. The predicted molar refractivity (Wildman–Crippen MR) is 84.2 cm³/mol. The molecule has 0 N–H and O–H groups in total. The van der Waals surface area contributed by atoms with Crippen LogP contribution in [0.3, 0.4) is 0 Å². The number of non-ortho nitro benzene ring substituents is 1. The summed E-state index contributed by atoms with van der Waals surface area (Å²) in [6.07, 6.45) is 0. The quantitative estimate of drug-likeness (QED) is 0.644. The third kappa shape index (κ3) is 2.39. The molecule has 0 spiro atoms. The van der Waals surface area contributed by atoms with Gasteiger partial charge in [-0.2, -0.15) is 0 Å². The first-order chi connectivity index (χ1) is 10.6. The summed E-state index contributed by atoms with van der Waals surface area (Å²) < 4.78 is 0. The van der Waals surface area contributed by atoms with E-state index in [9.17, 15) is 14.9 Å². The molecule has 1 heterocycles. The van der Waals surface area contributed by atoms with Gasteiger partial charge in [-0.25, -0.2) is 4.79 Å². The first-order valence-electron chi connectivity index (χ1n) is 6.98. The number of para-hydroxylation sites is 1. The Balaban J connectivity index is 1.88. The molecule has 1 aliphatic heterocycles. The Bertz CT molecular complexity index is 700. The summed E-state index contributed by atoms with van der Waals surface area (Å²) in [5.74, 6) is 0. The number of anilines is 2. The van der Waals surface area contributed by atoms with Gasteiger partial charge in [0.1, 0.15) is 0 Å². The minimum absolute atomic E-state index is 0.00541. The summed E-state index contributed by atoms with van der Waals surface area (Å²) in [6, 6.07) is 15.4. The van der Waals surface area contributed by atoms with Gasteiger partial charge in [-0.05, 0) is 31.2 Å². The molecule has 1 atom stereocenters. The lowest BCUT2D eigenvalue weighted by atomic mass is 10.2. The molecular formula is C16H15N3O3. The van der Waals surface area contributed by atoms with Crippen LogP contribution in [0.15, 0.2) is 54.6 Å². The van der Waals surface area contributed by atoms with E-state index in [1.54, 1.807) is 21.9 Å². The highest BCUT2D eigenvalue weighted by atomic mass is 16.6. The van der Waals surface area contributed by atoms with E-state index in [0.717, 1.165) is 5.69 Å². The zero-order chi connectivity index (χ0) is 15.7. The maximum absolute atomic E-state index is 12.7. The van der Waals surface area contributed by atoms with E-state index in [2.05, 4.69) is 0 Å². The van der Waals surface area contributed by atoms with Gasteiger partial charge in [0.2, 0.25) is 0 Å². The van der Waals surface area contributed by atoms with Crippen LogP contribution in [0, 0.1) is 10.1 Å². The molecule has 1 aliphatic rings. The Labute approximate surface area is 127 Å². The van der Waals surface area contributed by atoms with Gasteiger partial charge in [0.05, 0.1) is 11.0 Å². The van der Waals surface area contributed by atoms with Crippen molar-refractivity contribution in [1.82, 2.24) is 0 Å². The lowest BCUT2D eigenvalue weighted by Crippen LogP contribution is -2.33. The minimum atomic E-state index is -0.449. The third-order valence-corrected chi connectivity index (χ3v) is 3.73. The van der Waals surface area contributed by atoms with Crippen LogP contribution in [-0.4, -0.2) is 23.5 Å². The number of nitrogens with zero attached hydrogens (tertiary/aromatic N) is 3. The number of nitro benzene ring substituents is 1. The summed E-state index contributed by atoms with van der Waals surface area (Å²) in [4.78, 5) is 26.3. The van der Waals surface area contributed by atoms with Gasteiger partial charge in [0, 0.05) is 30.1 Å². The number of urea groups is 1. The Kier molecular flexibility index (Phi) is 3.50. The number of carbonyl (C=O) groups excluding carboxylic acids is 1. The highest BCUT2D eigenvalue weighted by Gasteiger charge is 2.36. The Morgan fingerprint density at radius 2 is 1.68 bits per heavy atom. The second-order valence-corrected chi connectivity index (χ2v) is 5.22. The van der Waals surface area contributed by atoms with E-state index < -0.39 is 4.92 Å². The van der Waals surface area contributed by atoms with Crippen LogP contribution < -0.4 is 9.80 Å². The minimum Gasteiger partial charge on any atom is -0.292 e. The first kappa shape index (κ1) is 14.1. The van der Waals surface area contributed by atoms with Crippen molar-refractivity contribution in [3.8, 4) is 0 Å². The molecule has 3 rings (SSSR count). The molecule has 2 aromatic carbocycles. The molecule has 6 heteroatoms. The van der Waals surface area contributed by atoms with Crippen molar-refractivity contribution in [3.63, 3.8) is 0 Å². The first-order valence-corrected chi connectivity index (χ1v) is 6.98. The number of amides is 2. The highest BCUT2D eigenvalue weighted by molar-refractivity contribution is 6.06. The van der Waals surface area contributed by atoms with Crippen LogP contribution in [0.5, 0.6) is 0 Å². The van der Waals surface area contributed by atoms with Crippen molar-refractivity contribution in [2.24, 2.45) is 0 Å². The molecule has 1 saturated heterocycles. The Morgan fingerprint density at radius 3 is 2.27 bits per heavy atom. The fourth-order valence-electron chi connectivity index (χ4n) is 2.67. The van der Waals surface area contributed by atoms with Gasteiger partial charge in [-0.3, -0.25) is 19.9 Å². The number of rotatable bonds is 3. The maximum atomic E-state index is 12.7. The predicted octanol–water partition coefficient (Wildman–Crippen LogP) is 3.43. The molecule has 1 unspecified atom stereocenters. The van der Waals surface area contributed by atoms with Crippen molar-refractivity contribution < 1.29 is 9.72 Å². The van der Waals surface area contributed by atoms with Gasteiger partial charge in [0.15, 0.2) is 0 Å². The van der Waals surface area contributed by atoms with Crippen molar-refractivity contribution in [3.05, 3.63) is 64.7 Å². The van der Waals surface area contributed by atoms with Gasteiger partial charge in [-0.1, -0.05) is 18.2 Å². The lowest BCUT2D eigenvalue weighted by molar-refractivity contribution is -0.384.